The van der Waals surface area contributed by atoms with Crippen LogP contribution in [0, 0.1) is 12.7 Å². The number of halogens is 3. The van der Waals surface area contributed by atoms with Crippen molar-refractivity contribution in [3.63, 3.8) is 0 Å². The van der Waals surface area contributed by atoms with E-state index in [0.717, 1.165) is 31.4 Å². The predicted octanol–water partition coefficient (Wildman–Crippen LogP) is 7.01. The molecule has 0 saturated carbocycles. The van der Waals surface area contributed by atoms with Gasteiger partial charge in [-0.3, -0.25) is 0 Å². The van der Waals surface area contributed by atoms with Crippen molar-refractivity contribution in [2.75, 3.05) is 14.2 Å². The minimum atomic E-state index is -0.295. The molecule has 5 heteroatoms. The Balaban J connectivity index is 2.28. The Hall–Kier alpha value is -1.85. The number of hydrogen-bond donors (Lipinski definition) is 0. The summed E-state index contributed by atoms with van der Waals surface area (Å²) in [5.74, 6) is 1.05. The summed E-state index contributed by atoms with van der Waals surface area (Å²) in [5, 5.41) is 0. The third kappa shape index (κ3) is 3.64. The maximum atomic E-state index is 14.8. The first-order valence-electron chi connectivity index (χ1n) is 7.92. The molecular formula is C21H17Br2FO2. The molecule has 3 rings (SSSR count). The Bertz CT molecular complexity index is 896. The molecule has 0 atom stereocenters. The molecule has 0 aliphatic carbocycles. The highest BCUT2D eigenvalue weighted by Gasteiger charge is 2.17. The van der Waals surface area contributed by atoms with Gasteiger partial charge in [-0.1, -0.05) is 31.9 Å². The second-order valence-corrected chi connectivity index (χ2v) is 7.67. The zero-order valence-electron chi connectivity index (χ0n) is 14.6. The van der Waals surface area contributed by atoms with Crippen LogP contribution in [0.15, 0.2) is 57.5 Å². The summed E-state index contributed by atoms with van der Waals surface area (Å²) in [6.07, 6.45) is 0. The van der Waals surface area contributed by atoms with Crippen molar-refractivity contribution in [2.24, 2.45) is 0 Å². The van der Waals surface area contributed by atoms with E-state index < -0.39 is 0 Å². The highest BCUT2D eigenvalue weighted by atomic mass is 79.9. The first kappa shape index (κ1) is 18.9. The van der Waals surface area contributed by atoms with Crippen LogP contribution in [0.4, 0.5) is 4.39 Å². The first-order chi connectivity index (χ1) is 12.4. The normalized spacial score (nSPS) is 10.7. The van der Waals surface area contributed by atoms with Gasteiger partial charge in [0.25, 0.3) is 0 Å². The van der Waals surface area contributed by atoms with E-state index in [-0.39, 0.29) is 5.82 Å². The fourth-order valence-corrected chi connectivity index (χ4v) is 3.67. The van der Waals surface area contributed by atoms with Crippen molar-refractivity contribution < 1.29 is 13.9 Å². The van der Waals surface area contributed by atoms with Gasteiger partial charge in [0.2, 0.25) is 0 Å². The molecule has 0 bridgehead atoms. The third-order valence-corrected chi connectivity index (χ3v) is 5.20. The van der Waals surface area contributed by atoms with Crippen LogP contribution in [0.1, 0.15) is 5.56 Å². The molecule has 26 heavy (non-hydrogen) atoms. The number of ether oxygens (including phenoxy) is 2. The van der Waals surface area contributed by atoms with E-state index in [1.165, 1.54) is 0 Å². The molecule has 0 amide bonds. The Kier molecular flexibility index (Phi) is 5.68. The number of rotatable bonds is 4. The monoisotopic (exact) mass is 478 g/mol. The predicted molar refractivity (Wildman–Crippen MR) is 111 cm³/mol. The molecule has 134 valence electrons. The van der Waals surface area contributed by atoms with Crippen LogP contribution in [-0.2, 0) is 0 Å². The molecule has 3 aromatic carbocycles. The zero-order valence-corrected chi connectivity index (χ0v) is 17.7. The van der Waals surface area contributed by atoms with Gasteiger partial charge >= 0.3 is 0 Å². The lowest BCUT2D eigenvalue weighted by atomic mass is 9.94. The molecule has 3 aromatic rings. The molecule has 0 heterocycles. The summed E-state index contributed by atoms with van der Waals surface area (Å²) >= 11 is 6.96. The van der Waals surface area contributed by atoms with Crippen molar-refractivity contribution in [1.29, 1.82) is 0 Å². The second kappa shape index (κ2) is 7.80. The van der Waals surface area contributed by atoms with Gasteiger partial charge in [0.1, 0.15) is 17.3 Å². The fraction of sp³-hybridized carbons (Fsp3) is 0.143. The molecule has 0 saturated heterocycles. The van der Waals surface area contributed by atoms with Gasteiger partial charge in [-0.05, 0) is 66.6 Å². The summed E-state index contributed by atoms with van der Waals surface area (Å²) in [6, 6.07) is 14.7. The van der Waals surface area contributed by atoms with E-state index in [1.807, 2.05) is 49.4 Å². The summed E-state index contributed by atoms with van der Waals surface area (Å²) in [6.45, 7) is 1.89. The highest BCUT2D eigenvalue weighted by Crippen LogP contribution is 2.40. The molecule has 0 radical (unpaired) electrons. The molecule has 0 aromatic heterocycles. The quantitative estimate of drug-likeness (QED) is 0.400. The van der Waals surface area contributed by atoms with E-state index >= 15 is 0 Å². The van der Waals surface area contributed by atoms with Crippen LogP contribution < -0.4 is 9.47 Å². The van der Waals surface area contributed by atoms with Crippen LogP contribution >= 0.6 is 31.9 Å². The average Bonchev–Trinajstić information content (AvgIpc) is 2.62. The lowest BCUT2D eigenvalue weighted by Gasteiger charge is -2.16. The lowest BCUT2D eigenvalue weighted by molar-refractivity contribution is 0.416. The van der Waals surface area contributed by atoms with Crippen LogP contribution in [0.5, 0.6) is 11.5 Å². The molecular weight excluding hydrogens is 463 g/mol. The first-order valence-corrected chi connectivity index (χ1v) is 9.51. The fourth-order valence-electron chi connectivity index (χ4n) is 2.95. The van der Waals surface area contributed by atoms with Gasteiger partial charge in [0.05, 0.1) is 14.2 Å². The molecule has 0 fully saturated rings. The SMILES string of the molecule is COc1ccc(Br)cc1-c1cc(-c2cc(Br)ccc2OC)c(F)cc1C. The molecule has 0 aliphatic rings. The second-order valence-electron chi connectivity index (χ2n) is 5.84. The van der Waals surface area contributed by atoms with E-state index in [9.17, 15) is 4.39 Å². The van der Waals surface area contributed by atoms with Gasteiger partial charge in [-0.2, -0.15) is 0 Å². The molecule has 0 aliphatic heterocycles. The topological polar surface area (TPSA) is 18.5 Å². The van der Waals surface area contributed by atoms with Crippen LogP contribution in [-0.4, -0.2) is 14.2 Å². The summed E-state index contributed by atoms with van der Waals surface area (Å²) < 4.78 is 27.5. The maximum Gasteiger partial charge on any atom is 0.131 e. The smallest absolute Gasteiger partial charge is 0.131 e. The molecule has 0 spiro atoms. The Morgan fingerprint density at radius 3 is 1.69 bits per heavy atom. The molecule has 0 N–H and O–H groups in total. The molecule has 2 nitrogen and oxygen atoms in total. The third-order valence-electron chi connectivity index (χ3n) is 4.22. The van der Waals surface area contributed by atoms with Gasteiger partial charge in [-0.25, -0.2) is 4.39 Å². The van der Waals surface area contributed by atoms with Crippen molar-refractivity contribution in [2.45, 2.75) is 6.92 Å². The van der Waals surface area contributed by atoms with E-state index in [0.29, 0.717) is 16.9 Å². The average molecular weight is 480 g/mol. The van der Waals surface area contributed by atoms with Crippen molar-refractivity contribution in [3.8, 4) is 33.8 Å². The van der Waals surface area contributed by atoms with E-state index in [1.54, 1.807) is 20.3 Å². The summed E-state index contributed by atoms with van der Waals surface area (Å²) in [7, 11) is 3.21. The van der Waals surface area contributed by atoms with E-state index in [4.69, 9.17) is 9.47 Å². The number of hydrogen-bond acceptors (Lipinski definition) is 2. The largest absolute Gasteiger partial charge is 0.496 e. The van der Waals surface area contributed by atoms with Crippen molar-refractivity contribution in [1.82, 2.24) is 0 Å². The van der Waals surface area contributed by atoms with Crippen LogP contribution in [0.25, 0.3) is 22.3 Å². The molecule has 0 unspecified atom stereocenters. The van der Waals surface area contributed by atoms with Crippen molar-refractivity contribution >= 4 is 31.9 Å². The van der Waals surface area contributed by atoms with Gasteiger partial charge in [0, 0.05) is 25.6 Å². The number of methoxy groups -OCH3 is 2. The number of aryl methyl sites for hydroxylation is 1. The lowest BCUT2D eigenvalue weighted by Crippen LogP contribution is -1.95. The van der Waals surface area contributed by atoms with Crippen molar-refractivity contribution in [3.05, 3.63) is 68.9 Å². The zero-order chi connectivity index (χ0) is 18.8. The van der Waals surface area contributed by atoms with Crippen LogP contribution in [0.3, 0.4) is 0 Å². The van der Waals surface area contributed by atoms with Gasteiger partial charge in [-0.15, -0.1) is 0 Å². The van der Waals surface area contributed by atoms with Gasteiger partial charge < -0.3 is 9.47 Å². The van der Waals surface area contributed by atoms with E-state index in [2.05, 4.69) is 31.9 Å². The Labute approximate surface area is 169 Å². The summed E-state index contributed by atoms with van der Waals surface area (Å²) in [5.41, 5.74) is 3.80. The maximum absolute atomic E-state index is 14.8. The summed E-state index contributed by atoms with van der Waals surface area (Å²) in [4.78, 5) is 0. The Morgan fingerprint density at radius 1 is 0.692 bits per heavy atom. The Morgan fingerprint density at radius 2 is 1.19 bits per heavy atom. The highest BCUT2D eigenvalue weighted by molar-refractivity contribution is 9.10. The minimum absolute atomic E-state index is 0.295. The van der Waals surface area contributed by atoms with Crippen LogP contribution in [0.2, 0.25) is 0 Å². The minimum Gasteiger partial charge on any atom is -0.496 e. The van der Waals surface area contributed by atoms with Gasteiger partial charge in [0.15, 0.2) is 0 Å². The number of benzene rings is 3. The standard InChI is InChI=1S/C21H17Br2FO2/c1-12-8-19(24)16(18-10-14(23)5-7-21(18)26-3)11-15(12)17-9-13(22)4-6-20(17)25-2/h4-11H,1-3H3.